The molecule has 0 aliphatic rings. The van der Waals surface area contributed by atoms with Crippen molar-refractivity contribution in [1.82, 2.24) is 0 Å². The SMILES string of the molecule is COC(=O)C(C[C@H](N)C(=O)OC)OS(C)(=O)=O. The van der Waals surface area contributed by atoms with Crippen LogP contribution in [-0.4, -0.2) is 53.0 Å². The predicted molar refractivity (Wildman–Crippen MR) is 56.3 cm³/mol. The highest BCUT2D eigenvalue weighted by molar-refractivity contribution is 7.86. The molecule has 2 atom stereocenters. The first-order chi connectivity index (χ1) is 7.71. The first-order valence-electron chi connectivity index (χ1n) is 4.50. The van der Waals surface area contributed by atoms with E-state index < -0.39 is 34.2 Å². The van der Waals surface area contributed by atoms with E-state index in [2.05, 4.69) is 13.7 Å². The van der Waals surface area contributed by atoms with Crippen molar-refractivity contribution in [3.63, 3.8) is 0 Å². The molecule has 0 radical (unpaired) electrons. The Balaban J connectivity index is 4.72. The van der Waals surface area contributed by atoms with Crippen LogP contribution >= 0.6 is 0 Å². The Labute approximate surface area is 99.1 Å². The van der Waals surface area contributed by atoms with Crippen molar-refractivity contribution in [2.45, 2.75) is 18.6 Å². The Morgan fingerprint density at radius 2 is 1.65 bits per heavy atom. The van der Waals surface area contributed by atoms with Crippen molar-refractivity contribution in [2.75, 3.05) is 20.5 Å². The van der Waals surface area contributed by atoms with Crippen molar-refractivity contribution >= 4 is 22.1 Å². The van der Waals surface area contributed by atoms with Crippen molar-refractivity contribution in [1.29, 1.82) is 0 Å². The number of esters is 2. The largest absolute Gasteiger partial charge is 0.468 e. The smallest absolute Gasteiger partial charge is 0.336 e. The quantitative estimate of drug-likeness (QED) is 0.451. The lowest BCUT2D eigenvalue weighted by molar-refractivity contribution is -0.150. The van der Waals surface area contributed by atoms with Gasteiger partial charge in [0.2, 0.25) is 0 Å². The lowest BCUT2D eigenvalue weighted by Gasteiger charge is -2.16. The average Bonchev–Trinajstić information content (AvgIpc) is 2.23. The summed E-state index contributed by atoms with van der Waals surface area (Å²) in [6, 6.07) is -1.18. The second-order valence-corrected chi connectivity index (χ2v) is 4.78. The van der Waals surface area contributed by atoms with Crippen LogP contribution in [-0.2, 0) is 33.4 Å². The van der Waals surface area contributed by atoms with E-state index in [-0.39, 0.29) is 6.42 Å². The molecule has 0 aliphatic carbocycles. The molecule has 0 bridgehead atoms. The summed E-state index contributed by atoms with van der Waals surface area (Å²) >= 11 is 0. The fourth-order valence-corrected chi connectivity index (χ4v) is 1.57. The Hall–Kier alpha value is -1.19. The van der Waals surface area contributed by atoms with Gasteiger partial charge in [-0.2, -0.15) is 8.42 Å². The van der Waals surface area contributed by atoms with Gasteiger partial charge >= 0.3 is 11.9 Å². The summed E-state index contributed by atoms with van der Waals surface area (Å²) in [5.74, 6) is -1.72. The van der Waals surface area contributed by atoms with Gasteiger partial charge in [0.1, 0.15) is 6.04 Å². The zero-order valence-corrected chi connectivity index (χ0v) is 10.5. The Morgan fingerprint density at radius 3 is 2.00 bits per heavy atom. The van der Waals surface area contributed by atoms with Crippen LogP contribution < -0.4 is 5.73 Å². The highest BCUT2D eigenvalue weighted by atomic mass is 32.2. The highest BCUT2D eigenvalue weighted by Gasteiger charge is 2.29. The molecule has 0 aliphatic heterocycles. The molecule has 0 saturated heterocycles. The number of methoxy groups -OCH3 is 2. The fraction of sp³-hybridized carbons (Fsp3) is 0.750. The van der Waals surface area contributed by atoms with E-state index in [4.69, 9.17) is 5.73 Å². The maximum Gasteiger partial charge on any atom is 0.336 e. The third kappa shape index (κ3) is 6.19. The van der Waals surface area contributed by atoms with Crippen LogP contribution in [0, 0.1) is 0 Å². The molecule has 0 aromatic heterocycles. The van der Waals surface area contributed by atoms with Gasteiger partial charge in [-0.25, -0.2) is 4.79 Å². The minimum atomic E-state index is -3.87. The van der Waals surface area contributed by atoms with Crippen molar-refractivity contribution < 1.29 is 31.7 Å². The van der Waals surface area contributed by atoms with E-state index in [1.54, 1.807) is 0 Å². The molecular weight excluding hydrogens is 254 g/mol. The number of hydrogen-bond donors (Lipinski definition) is 1. The third-order valence-corrected chi connectivity index (χ3v) is 2.31. The molecule has 0 aromatic carbocycles. The minimum absolute atomic E-state index is 0.355. The van der Waals surface area contributed by atoms with Gasteiger partial charge in [0.15, 0.2) is 6.10 Å². The zero-order valence-electron chi connectivity index (χ0n) is 9.71. The van der Waals surface area contributed by atoms with Gasteiger partial charge in [0.05, 0.1) is 20.5 Å². The Kier molecular flexibility index (Phi) is 6.07. The molecule has 2 N–H and O–H groups in total. The average molecular weight is 269 g/mol. The molecule has 17 heavy (non-hydrogen) atoms. The Morgan fingerprint density at radius 1 is 1.18 bits per heavy atom. The van der Waals surface area contributed by atoms with Gasteiger partial charge in [0.25, 0.3) is 10.1 Å². The second-order valence-electron chi connectivity index (χ2n) is 3.18. The topological polar surface area (TPSA) is 122 Å². The molecule has 0 saturated carbocycles. The zero-order chi connectivity index (χ0) is 13.6. The highest BCUT2D eigenvalue weighted by Crippen LogP contribution is 2.08. The maximum atomic E-state index is 11.2. The van der Waals surface area contributed by atoms with Crippen molar-refractivity contribution in [3.05, 3.63) is 0 Å². The number of carbonyl (C=O) groups is 2. The summed E-state index contributed by atoms with van der Waals surface area (Å²) in [5, 5.41) is 0. The standard InChI is InChI=1S/C8H15NO7S/c1-14-7(10)5(9)4-6(8(11)15-2)16-17(3,12)13/h5-6H,4,9H2,1-3H3/t5-,6?/m0/s1. The van der Waals surface area contributed by atoms with E-state index in [0.29, 0.717) is 0 Å². The van der Waals surface area contributed by atoms with Gasteiger partial charge in [-0.05, 0) is 0 Å². The van der Waals surface area contributed by atoms with Crippen LogP contribution in [0.5, 0.6) is 0 Å². The first kappa shape index (κ1) is 15.8. The van der Waals surface area contributed by atoms with Crippen LogP contribution in [0.1, 0.15) is 6.42 Å². The van der Waals surface area contributed by atoms with Gasteiger partial charge in [0, 0.05) is 6.42 Å². The number of hydrogen-bond acceptors (Lipinski definition) is 8. The maximum absolute atomic E-state index is 11.2. The summed E-state index contributed by atoms with van der Waals surface area (Å²) in [6.07, 6.45) is -1.05. The summed E-state index contributed by atoms with van der Waals surface area (Å²) in [7, 11) is -1.69. The van der Waals surface area contributed by atoms with E-state index in [1.807, 2.05) is 0 Å². The molecule has 0 spiro atoms. The monoisotopic (exact) mass is 269 g/mol. The van der Waals surface area contributed by atoms with Gasteiger partial charge in [-0.3, -0.25) is 8.98 Å². The number of rotatable bonds is 6. The Bertz CT molecular complexity index is 377. The van der Waals surface area contributed by atoms with Gasteiger partial charge in [-0.15, -0.1) is 0 Å². The predicted octanol–water partition coefficient (Wildman–Crippen LogP) is -1.61. The molecule has 1 unspecified atom stereocenters. The fourth-order valence-electron chi connectivity index (χ4n) is 0.995. The molecule has 8 nitrogen and oxygen atoms in total. The summed E-state index contributed by atoms with van der Waals surface area (Å²) in [4.78, 5) is 22.2. The van der Waals surface area contributed by atoms with Crippen LogP contribution in [0.15, 0.2) is 0 Å². The van der Waals surface area contributed by atoms with E-state index in [1.165, 1.54) is 0 Å². The number of nitrogens with two attached hydrogens (primary N) is 1. The van der Waals surface area contributed by atoms with Crippen molar-refractivity contribution in [3.8, 4) is 0 Å². The van der Waals surface area contributed by atoms with Crippen LogP contribution in [0.2, 0.25) is 0 Å². The number of ether oxygens (including phenoxy) is 2. The molecular formula is C8H15NO7S. The molecule has 9 heteroatoms. The normalized spacial score (nSPS) is 14.8. The molecule has 0 heterocycles. The third-order valence-electron chi connectivity index (χ3n) is 1.73. The molecule has 0 amide bonds. The molecule has 0 rings (SSSR count). The van der Waals surface area contributed by atoms with E-state index in [0.717, 1.165) is 20.5 Å². The van der Waals surface area contributed by atoms with Gasteiger partial charge < -0.3 is 15.2 Å². The summed E-state index contributed by atoms with van der Waals surface area (Å²) < 4.78 is 34.9. The van der Waals surface area contributed by atoms with Crippen molar-refractivity contribution in [2.24, 2.45) is 5.73 Å². The molecule has 100 valence electrons. The summed E-state index contributed by atoms with van der Waals surface area (Å²) in [6.45, 7) is 0. The van der Waals surface area contributed by atoms with Gasteiger partial charge in [-0.1, -0.05) is 0 Å². The van der Waals surface area contributed by atoms with Crippen LogP contribution in [0.4, 0.5) is 0 Å². The van der Waals surface area contributed by atoms with E-state index >= 15 is 0 Å². The lowest BCUT2D eigenvalue weighted by atomic mass is 10.1. The van der Waals surface area contributed by atoms with E-state index in [9.17, 15) is 18.0 Å². The second kappa shape index (κ2) is 6.52. The lowest BCUT2D eigenvalue weighted by Crippen LogP contribution is -2.40. The first-order valence-corrected chi connectivity index (χ1v) is 6.32. The van der Waals surface area contributed by atoms with Crippen LogP contribution in [0.25, 0.3) is 0 Å². The molecule has 0 aromatic rings. The summed E-state index contributed by atoms with van der Waals surface area (Å²) in [5.41, 5.74) is 5.38. The number of carbonyl (C=O) groups excluding carboxylic acids is 2. The minimum Gasteiger partial charge on any atom is -0.468 e. The molecule has 0 fully saturated rings. The van der Waals surface area contributed by atoms with Crippen LogP contribution in [0.3, 0.4) is 0 Å².